The summed E-state index contributed by atoms with van der Waals surface area (Å²) in [5.74, 6) is 0.694. The number of carbonyl (C=O) groups excluding carboxylic acids is 1. The maximum absolute atomic E-state index is 12.0. The third-order valence-corrected chi connectivity index (χ3v) is 3.34. The molecule has 0 spiro atoms. The van der Waals surface area contributed by atoms with E-state index < -0.39 is 0 Å². The highest BCUT2D eigenvalue weighted by Gasteiger charge is 2.08. The molecule has 0 aliphatic carbocycles. The predicted octanol–water partition coefficient (Wildman–Crippen LogP) is 2.13. The Morgan fingerprint density at radius 3 is 2.90 bits per heavy atom. The van der Waals surface area contributed by atoms with E-state index in [1.54, 1.807) is 6.20 Å². The van der Waals surface area contributed by atoms with E-state index in [4.69, 9.17) is 0 Å². The van der Waals surface area contributed by atoms with Crippen molar-refractivity contribution < 1.29 is 4.79 Å². The zero-order chi connectivity index (χ0) is 14.7. The van der Waals surface area contributed by atoms with Crippen molar-refractivity contribution in [1.29, 1.82) is 0 Å². The molecule has 0 fully saturated rings. The van der Waals surface area contributed by atoms with Crippen molar-refractivity contribution in [2.75, 3.05) is 0 Å². The first kappa shape index (κ1) is 13.3. The van der Waals surface area contributed by atoms with Gasteiger partial charge in [0.25, 0.3) is 0 Å². The molecular formula is C16H16N4O. The first-order chi connectivity index (χ1) is 10.2. The predicted molar refractivity (Wildman–Crippen MR) is 80.6 cm³/mol. The number of benzene rings is 1. The molecule has 0 bridgehead atoms. The van der Waals surface area contributed by atoms with Crippen molar-refractivity contribution in [3.05, 3.63) is 59.7 Å². The molecule has 2 N–H and O–H groups in total. The average Bonchev–Trinajstić information content (AvgIpc) is 2.90. The number of nitrogens with zero attached hydrogens (tertiary/aromatic N) is 2. The zero-order valence-electron chi connectivity index (χ0n) is 11.8. The van der Waals surface area contributed by atoms with Crippen molar-refractivity contribution in [3.63, 3.8) is 0 Å². The number of fused-ring (bicyclic) bond motifs is 1. The molecule has 0 atom stereocenters. The summed E-state index contributed by atoms with van der Waals surface area (Å²) in [5.41, 5.74) is 3.71. The second-order valence-corrected chi connectivity index (χ2v) is 4.92. The first-order valence-corrected chi connectivity index (χ1v) is 6.83. The molecule has 106 valence electrons. The summed E-state index contributed by atoms with van der Waals surface area (Å²) in [7, 11) is 0. The molecule has 2 aromatic heterocycles. The van der Waals surface area contributed by atoms with Crippen LogP contribution in [0.15, 0.2) is 42.6 Å². The number of carbonyl (C=O) groups is 1. The van der Waals surface area contributed by atoms with Gasteiger partial charge in [-0.2, -0.15) is 0 Å². The Morgan fingerprint density at radius 2 is 2.10 bits per heavy atom. The highest BCUT2D eigenvalue weighted by molar-refractivity contribution is 5.78. The molecule has 1 aromatic carbocycles. The molecular weight excluding hydrogens is 264 g/mol. The molecule has 3 aromatic rings. The van der Waals surface area contributed by atoms with Crippen molar-refractivity contribution in [2.45, 2.75) is 19.9 Å². The molecule has 1 amide bonds. The molecule has 0 saturated heterocycles. The number of nitrogens with one attached hydrogen (secondary N) is 2. The van der Waals surface area contributed by atoms with Gasteiger partial charge >= 0.3 is 0 Å². The molecule has 3 rings (SSSR count). The van der Waals surface area contributed by atoms with Crippen LogP contribution in [0.1, 0.15) is 17.1 Å². The average molecular weight is 280 g/mol. The van der Waals surface area contributed by atoms with Crippen molar-refractivity contribution in [3.8, 4) is 0 Å². The van der Waals surface area contributed by atoms with Gasteiger partial charge < -0.3 is 10.3 Å². The Bertz CT molecular complexity index is 746. The number of amides is 1. The van der Waals surface area contributed by atoms with Gasteiger partial charge in [0.2, 0.25) is 5.91 Å². The Balaban J connectivity index is 1.62. The summed E-state index contributed by atoms with van der Waals surface area (Å²) in [6, 6.07) is 11.6. The van der Waals surface area contributed by atoms with Crippen LogP contribution in [0.25, 0.3) is 11.0 Å². The van der Waals surface area contributed by atoms with E-state index >= 15 is 0 Å². The van der Waals surface area contributed by atoms with Gasteiger partial charge in [0, 0.05) is 6.20 Å². The number of imidazole rings is 1. The molecule has 0 saturated carbocycles. The van der Waals surface area contributed by atoms with Crippen molar-refractivity contribution in [1.82, 2.24) is 20.3 Å². The monoisotopic (exact) mass is 280 g/mol. The number of aromatic nitrogens is 3. The van der Waals surface area contributed by atoms with Gasteiger partial charge in [-0.1, -0.05) is 18.2 Å². The summed E-state index contributed by atoms with van der Waals surface area (Å²) >= 11 is 0. The van der Waals surface area contributed by atoms with E-state index in [2.05, 4.69) is 20.3 Å². The molecule has 5 nitrogen and oxygen atoms in total. The van der Waals surface area contributed by atoms with Crippen LogP contribution < -0.4 is 5.32 Å². The van der Waals surface area contributed by atoms with E-state index in [1.165, 1.54) is 0 Å². The van der Waals surface area contributed by atoms with Crippen LogP contribution in [-0.4, -0.2) is 20.9 Å². The fourth-order valence-electron chi connectivity index (χ4n) is 2.19. The summed E-state index contributed by atoms with van der Waals surface area (Å²) in [4.78, 5) is 23.8. The van der Waals surface area contributed by atoms with Crippen LogP contribution in [0.3, 0.4) is 0 Å². The van der Waals surface area contributed by atoms with Crippen LogP contribution >= 0.6 is 0 Å². The maximum atomic E-state index is 12.0. The Labute approximate surface area is 122 Å². The first-order valence-electron chi connectivity index (χ1n) is 6.83. The summed E-state index contributed by atoms with van der Waals surface area (Å²) < 4.78 is 0. The van der Waals surface area contributed by atoms with Gasteiger partial charge in [-0.05, 0) is 30.7 Å². The van der Waals surface area contributed by atoms with Gasteiger partial charge in [-0.15, -0.1) is 0 Å². The molecule has 0 unspecified atom stereocenters. The fourth-order valence-corrected chi connectivity index (χ4v) is 2.19. The van der Waals surface area contributed by atoms with Gasteiger partial charge in [-0.25, -0.2) is 4.98 Å². The summed E-state index contributed by atoms with van der Waals surface area (Å²) in [5, 5.41) is 2.86. The number of rotatable bonds is 4. The number of para-hydroxylation sites is 2. The Morgan fingerprint density at radius 1 is 1.24 bits per heavy atom. The quantitative estimate of drug-likeness (QED) is 0.769. The minimum Gasteiger partial charge on any atom is -0.349 e. The highest BCUT2D eigenvalue weighted by atomic mass is 16.1. The minimum absolute atomic E-state index is 0.0581. The van der Waals surface area contributed by atoms with E-state index in [0.29, 0.717) is 6.54 Å². The zero-order valence-corrected chi connectivity index (χ0v) is 11.8. The fraction of sp³-hybridized carbons (Fsp3) is 0.188. The van der Waals surface area contributed by atoms with Crippen LogP contribution in [0.2, 0.25) is 0 Å². The van der Waals surface area contributed by atoms with Crippen molar-refractivity contribution >= 4 is 16.9 Å². The van der Waals surface area contributed by atoms with Gasteiger partial charge in [0.05, 0.1) is 29.7 Å². The number of aromatic amines is 1. The smallest absolute Gasteiger partial charge is 0.226 e. The Kier molecular flexibility index (Phi) is 3.64. The van der Waals surface area contributed by atoms with E-state index in [-0.39, 0.29) is 12.3 Å². The second-order valence-electron chi connectivity index (χ2n) is 4.92. The summed E-state index contributed by atoms with van der Waals surface area (Å²) in [6.45, 7) is 2.34. The maximum Gasteiger partial charge on any atom is 0.226 e. The lowest BCUT2D eigenvalue weighted by atomic mass is 10.1. The van der Waals surface area contributed by atoms with E-state index in [1.807, 2.05) is 43.3 Å². The van der Waals surface area contributed by atoms with Gasteiger partial charge in [0.1, 0.15) is 5.82 Å². The lowest BCUT2D eigenvalue weighted by molar-refractivity contribution is -0.120. The lowest BCUT2D eigenvalue weighted by Gasteiger charge is -2.05. The highest BCUT2D eigenvalue weighted by Crippen LogP contribution is 2.10. The number of hydrogen-bond acceptors (Lipinski definition) is 3. The molecule has 0 aliphatic heterocycles. The molecule has 0 radical (unpaired) electrons. The van der Waals surface area contributed by atoms with Crippen LogP contribution in [0.5, 0.6) is 0 Å². The SMILES string of the molecule is Cc1cccnc1CC(=O)NCc1nc2ccccc2[nH]1. The third kappa shape index (κ3) is 3.08. The standard InChI is InChI=1S/C16H16N4O/c1-11-5-4-8-17-14(11)9-16(21)18-10-15-19-12-6-2-3-7-13(12)20-15/h2-8H,9-10H2,1H3,(H,18,21)(H,19,20). The Hall–Kier alpha value is -2.69. The number of aryl methyl sites for hydroxylation is 1. The van der Waals surface area contributed by atoms with Crippen LogP contribution in [0, 0.1) is 6.92 Å². The third-order valence-electron chi connectivity index (χ3n) is 3.34. The molecule has 5 heteroatoms. The van der Waals surface area contributed by atoms with Gasteiger partial charge in [-0.3, -0.25) is 9.78 Å². The molecule has 2 heterocycles. The largest absolute Gasteiger partial charge is 0.349 e. The summed E-state index contributed by atoms with van der Waals surface area (Å²) in [6.07, 6.45) is 1.99. The number of H-pyrrole nitrogens is 1. The van der Waals surface area contributed by atoms with Crippen LogP contribution in [-0.2, 0) is 17.8 Å². The molecule has 21 heavy (non-hydrogen) atoms. The minimum atomic E-state index is -0.0581. The van der Waals surface area contributed by atoms with E-state index in [0.717, 1.165) is 28.1 Å². The van der Waals surface area contributed by atoms with Gasteiger partial charge in [0.15, 0.2) is 0 Å². The molecule has 0 aliphatic rings. The number of pyridine rings is 1. The number of hydrogen-bond donors (Lipinski definition) is 2. The lowest BCUT2D eigenvalue weighted by Crippen LogP contribution is -2.25. The normalized spacial score (nSPS) is 10.7. The van der Waals surface area contributed by atoms with Crippen molar-refractivity contribution in [2.24, 2.45) is 0 Å². The second kappa shape index (κ2) is 5.75. The van der Waals surface area contributed by atoms with Crippen LogP contribution in [0.4, 0.5) is 0 Å². The topological polar surface area (TPSA) is 70.7 Å². The van der Waals surface area contributed by atoms with E-state index in [9.17, 15) is 4.79 Å².